The van der Waals surface area contributed by atoms with E-state index in [2.05, 4.69) is 13.2 Å². The third kappa shape index (κ3) is 1.54. The SMILES string of the molecule is C=C1[C@]23C(=O)O[C@@H](C)[C@@]24O[C@]2(C(=C)[C@@]5(C=CC(=O)OC5(C)C)CC[C@@]32C)[C@@H](O)[C@]1(C)OC4=O. The van der Waals surface area contributed by atoms with Gasteiger partial charge in [-0.15, -0.1) is 0 Å². The van der Waals surface area contributed by atoms with Crippen molar-refractivity contribution in [2.75, 3.05) is 0 Å². The second kappa shape index (κ2) is 5.13. The molecule has 2 spiro atoms. The molecule has 0 radical (unpaired) electrons. The third-order valence-corrected chi connectivity index (χ3v) is 10.2. The van der Waals surface area contributed by atoms with Gasteiger partial charge in [0.15, 0.2) is 5.60 Å². The third-order valence-electron chi connectivity index (χ3n) is 10.2. The Labute approximate surface area is 191 Å². The molecule has 0 aromatic heterocycles. The molecule has 0 unspecified atom stereocenters. The van der Waals surface area contributed by atoms with Crippen LogP contribution in [0.1, 0.15) is 47.5 Å². The van der Waals surface area contributed by atoms with Gasteiger partial charge in [-0.3, -0.25) is 4.79 Å². The predicted octanol–water partition coefficient (Wildman–Crippen LogP) is 1.91. The van der Waals surface area contributed by atoms with Crippen molar-refractivity contribution in [1.82, 2.24) is 0 Å². The van der Waals surface area contributed by atoms with Crippen molar-refractivity contribution in [3.8, 4) is 0 Å². The van der Waals surface area contributed by atoms with E-state index in [4.69, 9.17) is 18.9 Å². The van der Waals surface area contributed by atoms with E-state index in [0.29, 0.717) is 24.0 Å². The standard InChI is InChI=1S/C25H28O8/c1-12-21(7)16(27)24-13(2)22(9-8-15(26)31-19(22,4)5)11-10-20(24,6)23(12)17(28)30-14(3)25(23,33-24)18(29)32-21/h8-9,14,16,27H,1-2,10-11H2,3-7H3/t14-,16-,20-,21+,22+,23+,24+,25-/m0/s1. The summed E-state index contributed by atoms with van der Waals surface area (Å²) in [7, 11) is 0. The maximum absolute atomic E-state index is 13.7. The zero-order chi connectivity index (χ0) is 24.2. The van der Waals surface area contributed by atoms with Crippen molar-refractivity contribution in [2.45, 2.75) is 82.1 Å². The van der Waals surface area contributed by atoms with Crippen LogP contribution >= 0.6 is 0 Å². The van der Waals surface area contributed by atoms with Gasteiger partial charge in [-0.2, -0.15) is 0 Å². The monoisotopic (exact) mass is 456 g/mol. The van der Waals surface area contributed by atoms with Crippen LogP contribution in [0.3, 0.4) is 0 Å². The molecule has 8 atom stereocenters. The number of hydrogen-bond donors (Lipinski definition) is 1. The van der Waals surface area contributed by atoms with Crippen molar-refractivity contribution in [1.29, 1.82) is 0 Å². The number of ether oxygens (including phenoxy) is 4. The van der Waals surface area contributed by atoms with Crippen LogP contribution in [-0.2, 0) is 33.3 Å². The van der Waals surface area contributed by atoms with E-state index in [1.54, 1.807) is 33.8 Å². The smallest absolute Gasteiger partial charge is 0.344 e. The summed E-state index contributed by atoms with van der Waals surface area (Å²) >= 11 is 0. The molecule has 0 amide bonds. The Kier molecular flexibility index (Phi) is 3.28. The van der Waals surface area contributed by atoms with Crippen LogP contribution in [0.25, 0.3) is 0 Å². The Hall–Kier alpha value is -2.45. The molecule has 4 aliphatic heterocycles. The average Bonchev–Trinajstić information content (AvgIpc) is 3.04. The minimum atomic E-state index is -1.80. The minimum Gasteiger partial charge on any atom is -0.458 e. The minimum absolute atomic E-state index is 0.292. The second-order valence-electron chi connectivity index (χ2n) is 11.3. The summed E-state index contributed by atoms with van der Waals surface area (Å²) in [5.41, 5.74) is -8.79. The number of aliphatic hydroxyl groups excluding tert-OH is 1. The summed E-state index contributed by atoms with van der Waals surface area (Å²) in [6.45, 7) is 17.3. The summed E-state index contributed by atoms with van der Waals surface area (Å²) < 4.78 is 24.0. The van der Waals surface area contributed by atoms with Crippen molar-refractivity contribution < 1.29 is 38.4 Å². The predicted molar refractivity (Wildman–Crippen MR) is 112 cm³/mol. The molecule has 5 fully saturated rings. The van der Waals surface area contributed by atoms with Gasteiger partial charge in [0, 0.05) is 11.5 Å². The van der Waals surface area contributed by atoms with Crippen LogP contribution in [0.4, 0.5) is 0 Å². The first-order valence-electron chi connectivity index (χ1n) is 11.3. The van der Waals surface area contributed by atoms with Crippen molar-refractivity contribution in [2.24, 2.45) is 16.2 Å². The first-order valence-corrected chi connectivity index (χ1v) is 11.3. The summed E-state index contributed by atoms with van der Waals surface area (Å²) in [6.07, 6.45) is 1.59. The van der Waals surface area contributed by atoms with Gasteiger partial charge >= 0.3 is 17.9 Å². The van der Waals surface area contributed by atoms with Crippen molar-refractivity contribution >= 4 is 17.9 Å². The molecule has 4 heterocycles. The molecule has 8 heteroatoms. The maximum atomic E-state index is 13.7. The van der Waals surface area contributed by atoms with E-state index in [1.807, 2.05) is 6.92 Å². The van der Waals surface area contributed by atoms with E-state index >= 15 is 0 Å². The summed E-state index contributed by atoms with van der Waals surface area (Å²) in [5, 5.41) is 12.0. The number of carbonyl (C=O) groups is 3. The van der Waals surface area contributed by atoms with Crippen LogP contribution in [0.2, 0.25) is 0 Å². The van der Waals surface area contributed by atoms with Crippen LogP contribution in [0.5, 0.6) is 0 Å². The molecule has 2 aliphatic carbocycles. The number of hydrogen-bond acceptors (Lipinski definition) is 8. The van der Waals surface area contributed by atoms with Gasteiger partial charge < -0.3 is 24.1 Å². The van der Waals surface area contributed by atoms with Crippen LogP contribution < -0.4 is 0 Å². The fourth-order valence-corrected chi connectivity index (χ4v) is 8.44. The maximum Gasteiger partial charge on any atom is 0.344 e. The van der Waals surface area contributed by atoms with E-state index in [0.717, 1.165) is 0 Å². The van der Waals surface area contributed by atoms with E-state index in [-0.39, 0.29) is 0 Å². The lowest BCUT2D eigenvalue weighted by molar-refractivity contribution is -0.231. The number of carbonyl (C=O) groups excluding carboxylic acids is 3. The molecule has 33 heavy (non-hydrogen) atoms. The molecule has 6 rings (SSSR count). The van der Waals surface area contributed by atoms with Gasteiger partial charge in [0.25, 0.3) is 0 Å². The lowest BCUT2D eigenvalue weighted by Crippen LogP contribution is -2.79. The highest BCUT2D eigenvalue weighted by Gasteiger charge is 2.98. The zero-order valence-electron chi connectivity index (χ0n) is 19.4. The molecule has 2 saturated carbocycles. The average molecular weight is 456 g/mol. The highest BCUT2D eigenvalue weighted by molar-refractivity contribution is 6.02. The van der Waals surface area contributed by atoms with Crippen LogP contribution in [0.15, 0.2) is 36.5 Å². The lowest BCUT2D eigenvalue weighted by atomic mass is 9.35. The van der Waals surface area contributed by atoms with Crippen LogP contribution in [-0.4, -0.2) is 57.6 Å². The Morgan fingerprint density at radius 1 is 0.970 bits per heavy atom. The van der Waals surface area contributed by atoms with E-state index in [1.165, 1.54) is 6.08 Å². The summed E-state index contributed by atoms with van der Waals surface area (Å²) in [6, 6.07) is 0. The zero-order valence-corrected chi connectivity index (χ0v) is 19.4. The molecule has 1 N–H and O–H groups in total. The summed E-state index contributed by atoms with van der Waals surface area (Å²) in [4.78, 5) is 39.5. The van der Waals surface area contributed by atoms with Gasteiger partial charge in [0.05, 0.1) is 5.41 Å². The van der Waals surface area contributed by atoms with Gasteiger partial charge in [-0.05, 0) is 51.7 Å². The Bertz CT molecular complexity index is 1150. The first kappa shape index (κ1) is 21.1. The summed E-state index contributed by atoms with van der Waals surface area (Å²) in [5.74, 6) is -1.80. The molecule has 8 nitrogen and oxygen atoms in total. The molecule has 176 valence electrons. The first-order chi connectivity index (χ1) is 15.2. The number of cyclic esters (lactones) is 2. The highest BCUT2D eigenvalue weighted by Crippen LogP contribution is 2.84. The fraction of sp³-hybridized carbons (Fsp3) is 0.640. The van der Waals surface area contributed by atoms with Crippen molar-refractivity contribution in [3.63, 3.8) is 0 Å². The molecule has 3 saturated heterocycles. The van der Waals surface area contributed by atoms with Gasteiger partial charge in [0.2, 0.25) is 5.60 Å². The quantitative estimate of drug-likeness (QED) is 0.335. The second-order valence-corrected chi connectivity index (χ2v) is 11.3. The molecular weight excluding hydrogens is 428 g/mol. The van der Waals surface area contributed by atoms with Crippen LogP contribution in [0, 0.1) is 16.2 Å². The topological polar surface area (TPSA) is 108 Å². The number of rotatable bonds is 0. The largest absolute Gasteiger partial charge is 0.458 e. The van der Waals surface area contributed by atoms with Gasteiger partial charge in [-0.25, -0.2) is 9.59 Å². The molecular formula is C25H28O8. The molecule has 0 aromatic carbocycles. The van der Waals surface area contributed by atoms with Crippen molar-refractivity contribution in [3.05, 3.63) is 36.5 Å². The Morgan fingerprint density at radius 2 is 1.64 bits per heavy atom. The van der Waals surface area contributed by atoms with E-state index < -0.39 is 68.8 Å². The number of fused-ring (bicyclic) bond motifs is 1. The fourth-order valence-electron chi connectivity index (χ4n) is 8.44. The molecule has 6 aliphatic rings. The van der Waals surface area contributed by atoms with Gasteiger partial charge in [0.1, 0.15) is 28.8 Å². The number of aliphatic hydroxyl groups is 1. The van der Waals surface area contributed by atoms with Gasteiger partial charge in [-0.1, -0.05) is 26.2 Å². The normalized spacial score (nSPS) is 55.3. The molecule has 3 bridgehead atoms. The van der Waals surface area contributed by atoms with E-state index in [9.17, 15) is 19.5 Å². The Balaban J connectivity index is 1.72. The molecule has 0 aromatic rings. The number of esters is 3. The highest BCUT2D eigenvalue weighted by atomic mass is 16.7. The lowest BCUT2D eigenvalue weighted by Gasteiger charge is -2.67. The Morgan fingerprint density at radius 3 is 2.27 bits per heavy atom.